The van der Waals surface area contributed by atoms with E-state index in [1.54, 1.807) is 0 Å². The largest absolute Gasteiger partial charge is 0.480 e. The summed E-state index contributed by atoms with van der Waals surface area (Å²) < 4.78 is 18.7. The van der Waals surface area contributed by atoms with Crippen molar-refractivity contribution >= 4 is 15.7 Å². The monoisotopic (exact) mass is 208 g/mol. The Morgan fingerprint density at radius 3 is 2.54 bits per heavy atom. The first-order valence-electron chi connectivity index (χ1n) is 4.11. The highest BCUT2D eigenvalue weighted by Gasteiger charge is 2.14. The molecule has 0 bridgehead atoms. The third-order valence-corrected chi connectivity index (χ3v) is 3.57. The lowest BCUT2D eigenvalue weighted by Crippen LogP contribution is -2.32. The van der Waals surface area contributed by atoms with Crippen LogP contribution in [0.3, 0.4) is 0 Å². The van der Waals surface area contributed by atoms with Crippen LogP contribution in [0.1, 0.15) is 19.8 Å². The number of carboxylic acid groups (broad SMARTS) is 1. The van der Waals surface area contributed by atoms with Crippen molar-refractivity contribution < 1.29 is 14.1 Å². The summed E-state index contributed by atoms with van der Waals surface area (Å²) in [6, 6.07) is -0.997. The normalized spacial score (nSPS) is 17.7. The van der Waals surface area contributed by atoms with Gasteiger partial charge in [-0.15, -0.1) is 0 Å². The van der Waals surface area contributed by atoms with Gasteiger partial charge in [-0.2, -0.15) is 0 Å². The van der Waals surface area contributed by atoms with Gasteiger partial charge in [0.15, 0.2) is 0 Å². The zero-order valence-corrected chi connectivity index (χ0v) is 8.47. The number of carboxylic acids is 1. The third-order valence-electron chi connectivity index (χ3n) is 1.61. The Kier molecular flexibility index (Phi) is 4.94. The van der Waals surface area contributed by atoms with Crippen molar-refractivity contribution in [1.29, 1.82) is 4.78 Å². The Labute approximate surface area is 78.3 Å². The van der Waals surface area contributed by atoms with Gasteiger partial charge in [-0.1, -0.05) is 6.92 Å². The summed E-state index contributed by atoms with van der Waals surface area (Å²) in [4.78, 5) is 10.3. The molecule has 0 radical (unpaired) electrons. The molecule has 0 aromatic heterocycles. The van der Waals surface area contributed by atoms with Crippen LogP contribution in [-0.4, -0.2) is 32.8 Å². The molecule has 0 saturated carbocycles. The number of hydrogen-bond acceptors (Lipinski definition) is 4. The van der Waals surface area contributed by atoms with Crippen LogP contribution in [-0.2, 0) is 14.5 Å². The molecule has 6 heteroatoms. The zero-order valence-electron chi connectivity index (χ0n) is 7.66. The summed E-state index contributed by atoms with van der Waals surface area (Å²) in [5.74, 6) is -0.708. The van der Waals surface area contributed by atoms with Crippen molar-refractivity contribution in [3.05, 3.63) is 0 Å². The van der Waals surface area contributed by atoms with Crippen molar-refractivity contribution in [2.75, 3.05) is 11.5 Å². The molecule has 0 fully saturated rings. The molecular formula is C7H16N2O3S. The molecule has 13 heavy (non-hydrogen) atoms. The molecule has 0 amide bonds. The molecular weight excluding hydrogens is 192 g/mol. The van der Waals surface area contributed by atoms with Gasteiger partial charge in [0, 0.05) is 21.2 Å². The Morgan fingerprint density at radius 1 is 1.62 bits per heavy atom. The second-order valence-electron chi connectivity index (χ2n) is 2.95. The Morgan fingerprint density at radius 2 is 2.15 bits per heavy atom. The van der Waals surface area contributed by atoms with E-state index in [0.717, 1.165) is 0 Å². The summed E-state index contributed by atoms with van der Waals surface area (Å²) >= 11 is 0. The van der Waals surface area contributed by atoms with Crippen LogP contribution in [0.4, 0.5) is 0 Å². The van der Waals surface area contributed by atoms with E-state index < -0.39 is 21.7 Å². The van der Waals surface area contributed by atoms with Gasteiger partial charge in [0.05, 0.1) is 0 Å². The zero-order chi connectivity index (χ0) is 10.5. The quantitative estimate of drug-likeness (QED) is 0.581. The molecule has 0 aliphatic carbocycles. The average molecular weight is 208 g/mol. The van der Waals surface area contributed by atoms with Gasteiger partial charge in [-0.25, -0.2) is 4.21 Å². The summed E-state index contributed by atoms with van der Waals surface area (Å²) in [7, 11) is -2.60. The standard InChI is InChI=1S/C7H16N2O3S/c1-2-4-13(9,12)5-3-6(8)7(10)11/h6,9H,2-5,8H2,1H3,(H,10,11)/t6-,13-/m1/s1. The van der Waals surface area contributed by atoms with E-state index in [2.05, 4.69) is 0 Å². The molecule has 0 aliphatic heterocycles. The third kappa shape index (κ3) is 5.59. The number of aliphatic carboxylic acids is 1. The molecule has 0 rings (SSSR count). The smallest absolute Gasteiger partial charge is 0.320 e. The van der Waals surface area contributed by atoms with E-state index in [-0.39, 0.29) is 12.2 Å². The van der Waals surface area contributed by atoms with Crippen molar-refractivity contribution in [2.45, 2.75) is 25.8 Å². The maximum absolute atomic E-state index is 11.3. The predicted molar refractivity (Wildman–Crippen MR) is 51.1 cm³/mol. The topological polar surface area (TPSA) is 104 Å². The molecule has 0 unspecified atom stereocenters. The molecule has 5 nitrogen and oxygen atoms in total. The highest BCUT2D eigenvalue weighted by atomic mass is 32.2. The summed E-state index contributed by atoms with van der Waals surface area (Å²) in [5, 5.41) is 8.43. The van der Waals surface area contributed by atoms with Gasteiger partial charge in [0.1, 0.15) is 6.04 Å². The fraction of sp³-hybridized carbons (Fsp3) is 0.857. The fourth-order valence-corrected chi connectivity index (χ4v) is 2.37. The first kappa shape index (κ1) is 12.4. The number of carbonyl (C=O) groups is 1. The lowest BCUT2D eigenvalue weighted by Gasteiger charge is -2.08. The van der Waals surface area contributed by atoms with Crippen molar-refractivity contribution in [2.24, 2.45) is 5.73 Å². The summed E-state index contributed by atoms with van der Waals surface area (Å²) in [6.45, 7) is 1.84. The van der Waals surface area contributed by atoms with Crippen LogP contribution < -0.4 is 5.73 Å². The van der Waals surface area contributed by atoms with Crippen LogP contribution in [0.15, 0.2) is 0 Å². The molecule has 78 valence electrons. The van der Waals surface area contributed by atoms with Gasteiger partial charge in [0.2, 0.25) is 0 Å². The average Bonchev–Trinajstić information content (AvgIpc) is 2.00. The molecule has 0 spiro atoms. The van der Waals surface area contributed by atoms with E-state index >= 15 is 0 Å². The van der Waals surface area contributed by atoms with E-state index in [0.29, 0.717) is 12.2 Å². The first-order valence-corrected chi connectivity index (χ1v) is 6.01. The van der Waals surface area contributed by atoms with E-state index in [1.165, 1.54) is 0 Å². The maximum Gasteiger partial charge on any atom is 0.320 e. The lowest BCUT2D eigenvalue weighted by atomic mass is 10.2. The van der Waals surface area contributed by atoms with Gasteiger partial charge in [0.25, 0.3) is 0 Å². The Hall–Kier alpha value is -0.620. The van der Waals surface area contributed by atoms with Gasteiger partial charge >= 0.3 is 5.97 Å². The molecule has 0 saturated heterocycles. The minimum Gasteiger partial charge on any atom is -0.480 e. The van der Waals surface area contributed by atoms with Gasteiger partial charge in [-0.05, 0) is 12.8 Å². The number of nitrogens with two attached hydrogens (primary N) is 1. The van der Waals surface area contributed by atoms with Gasteiger partial charge in [-0.3, -0.25) is 9.57 Å². The highest BCUT2D eigenvalue weighted by Crippen LogP contribution is 2.00. The maximum atomic E-state index is 11.3. The van der Waals surface area contributed by atoms with E-state index in [4.69, 9.17) is 15.6 Å². The Balaban J connectivity index is 3.95. The van der Waals surface area contributed by atoms with Crippen LogP contribution in [0.25, 0.3) is 0 Å². The minimum absolute atomic E-state index is 0.0777. The fourth-order valence-electron chi connectivity index (χ4n) is 0.873. The van der Waals surface area contributed by atoms with E-state index in [9.17, 15) is 9.00 Å². The van der Waals surface area contributed by atoms with Crippen LogP contribution in [0.2, 0.25) is 0 Å². The van der Waals surface area contributed by atoms with E-state index in [1.807, 2.05) is 6.92 Å². The molecule has 0 aromatic carbocycles. The highest BCUT2D eigenvalue weighted by molar-refractivity contribution is 7.92. The van der Waals surface area contributed by atoms with Gasteiger partial charge < -0.3 is 10.8 Å². The number of nitrogens with one attached hydrogen (secondary N) is 1. The summed E-state index contributed by atoms with van der Waals surface area (Å²) in [6.07, 6.45) is 0.780. The molecule has 4 N–H and O–H groups in total. The van der Waals surface area contributed by atoms with Crippen molar-refractivity contribution in [1.82, 2.24) is 0 Å². The summed E-state index contributed by atoms with van der Waals surface area (Å²) in [5.41, 5.74) is 5.21. The van der Waals surface area contributed by atoms with Crippen LogP contribution in [0, 0.1) is 4.78 Å². The second-order valence-corrected chi connectivity index (χ2v) is 5.39. The predicted octanol–water partition coefficient (Wildman–Crippen LogP) is 0.245. The SMILES string of the molecule is CCC[S@@](=N)(=O)CC[C@@H](N)C(=O)O. The van der Waals surface area contributed by atoms with Crippen molar-refractivity contribution in [3.8, 4) is 0 Å². The van der Waals surface area contributed by atoms with Crippen LogP contribution >= 0.6 is 0 Å². The molecule has 0 aromatic rings. The molecule has 2 atom stereocenters. The molecule has 0 heterocycles. The Bertz CT molecular complexity index is 261. The van der Waals surface area contributed by atoms with Crippen LogP contribution in [0.5, 0.6) is 0 Å². The number of hydrogen-bond donors (Lipinski definition) is 3. The number of rotatable bonds is 6. The molecule has 0 aliphatic rings. The lowest BCUT2D eigenvalue weighted by molar-refractivity contribution is -0.138. The first-order chi connectivity index (χ1) is 5.89. The second kappa shape index (κ2) is 5.18. The minimum atomic E-state index is -2.60. The van der Waals surface area contributed by atoms with Crippen molar-refractivity contribution in [3.63, 3.8) is 0 Å².